The van der Waals surface area contributed by atoms with Crippen LogP contribution in [0.15, 0.2) is 24.3 Å². The smallest absolute Gasteiger partial charge is 0.317 e. The van der Waals surface area contributed by atoms with Gasteiger partial charge in [-0.3, -0.25) is 4.79 Å². The number of esters is 1. The summed E-state index contributed by atoms with van der Waals surface area (Å²) in [5.41, 5.74) is 0.691. The summed E-state index contributed by atoms with van der Waals surface area (Å²) in [6.07, 6.45) is 7.23. The Bertz CT molecular complexity index is 543. The summed E-state index contributed by atoms with van der Waals surface area (Å²) in [6.45, 7) is 0. The van der Waals surface area contributed by atoms with Gasteiger partial charge in [-0.1, -0.05) is 31.0 Å². The van der Waals surface area contributed by atoms with Gasteiger partial charge in [-0.15, -0.1) is 0 Å². The molecule has 0 saturated heterocycles. The fraction of sp³-hybridized carbons (Fsp3) is 0.611. The summed E-state index contributed by atoms with van der Waals surface area (Å²) < 4.78 is 11.7. The van der Waals surface area contributed by atoms with E-state index in [1.165, 1.54) is 45.6 Å². The van der Waals surface area contributed by atoms with Crippen LogP contribution < -0.4 is 4.74 Å². The molecule has 1 aliphatic heterocycles. The molecule has 0 spiro atoms. The predicted octanol–water partition coefficient (Wildman–Crippen LogP) is 3.67. The molecule has 1 heterocycles. The molecule has 2 saturated carbocycles. The topological polar surface area (TPSA) is 35.5 Å². The zero-order valence-electron chi connectivity index (χ0n) is 12.5. The van der Waals surface area contributed by atoms with E-state index in [2.05, 4.69) is 0 Å². The quantitative estimate of drug-likeness (QED) is 0.795. The number of methoxy groups -OCH3 is 1. The van der Waals surface area contributed by atoms with Crippen LogP contribution in [-0.2, 0) is 9.53 Å². The predicted molar refractivity (Wildman–Crippen MR) is 79.2 cm³/mol. The van der Waals surface area contributed by atoms with Gasteiger partial charge >= 0.3 is 5.97 Å². The number of para-hydroxylation sites is 1. The van der Waals surface area contributed by atoms with Crippen molar-refractivity contribution in [2.45, 2.75) is 50.0 Å². The first-order valence-corrected chi connectivity index (χ1v) is 8.13. The fourth-order valence-electron chi connectivity index (χ4n) is 4.42. The largest absolute Gasteiger partial charge is 0.485 e. The van der Waals surface area contributed by atoms with E-state index in [1.54, 1.807) is 0 Å². The maximum Gasteiger partial charge on any atom is 0.317 e. The van der Waals surface area contributed by atoms with Crippen LogP contribution in [0.25, 0.3) is 0 Å². The monoisotopic (exact) mass is 286 g/mol. The zero-order chi connectivity index (χ0) is 14.4. The number of ether oxygens (including phenoxy) is 2. The van der Waals surface area contributed by atoms with Crippen LogP contribution in [0.4, 0.5) is 0 Å². The van der Waals surface area contributed by atoms with Crippen LogP contribution in [0, 0.1) is 11.8 Å². The Hall–Kier alpha value is -1.51. The number of rotatable bonds is 3. The van der Waals surface area contributed by atoms with Crippen molar-refractivity contribution >= 4 is 5.97 Å². The molecule has 4 rings (SSSR count). The normalized spacial score (nSPS) is 27.2. The Morgan fingerprint density at radius 3 is 2.29 bits per heavy atom. The van der Waals surface area contributed by atoms with Crippen molar-refractivity contribution in [3.05, 3.63) is 29.8 Å². The lowest BCUT2D eigenvalue weighted by atomic mass is 9.56. The first-order valence-electron chi connectivity index (χ1n) is 8.13. The molecule has 2 aliphatic carbocycles. The van der Waals surface area contributed by atoms with Gasteiger partial charge in [0.1, 0.15) is 17.3 Å². The lowest BCUT2D eigenvalue weighted by Gasteiger charge is -2.52. The number of benzene rings is 1. The van der Waals surface area contributed by atoms with Gasteiger partial charge in [0.05, 0.1) is 7.11 Å². The molecule has 3 aliphatic rings. The number of hydrogen-bond donors (Lipinski definition) is 0. The van der Waals surface area contributed by atoms with E-state index < -0.39 is 0 Å². The van der Waals surface area contributed by atoms with Gasteiger partial charge in [0.15, 0.2) is 0 Å². The van der Waals surface area contributed by atoms with E-state index in [0.717, 1.165) is 11.3 Å². The average Bonchev–Trinajstić information content (AvgIpc) is 2.68. The average molecular weight is 286 g/mol. The highest BCUT2D eigenvalue weighted by molar-refractivity contribution is 5.82. The van der Waals surface area contributed by atoms with Crippen molar-refractivity contribution in [1.29, 1.82) is 0 Å². The number of carbonyl (C=O) groups is 1. The number of carbonyl (C=O) groups excluding carboxylic acids is 1. The molecule has 3 heteroatoms. The lowest BCUT2D eigenvalue weighted by Crippen LogP contribution is -2.58. The van der Waals surface area contributed by atoms with Gasteiger partial charge in [-0.2, -0.15) is 0 Å². The first kappa shape index (κ1) is 13.2. The second-order valence-electron chi connectivity index (χ2n) is 6.71. The van der Waals surface area contributed by atoms with Crippen molar-refractivity contribution in [2.75, 3.05) is 7.11 Å². The van der Waals surface area contributed by atoms with Gasteiger partial charge in [0, 0.05) is 17.4 Å². The zero-order valence-corrected chi connectivity index (χ0v) is 12.5. The Kier molecular flexibility index (Phi) is 2.98. The van der Waals surface area contributed by atoms with Gasteiger partial charge in [-0.05, 0) is 31.7 Å². The van der Waals surface area contributed by atoms with Crippen LogP contribution in [-0.4, -0.2) is 18.7 Å². The van der Waals surface area contributed by atoms with E-state index in [4.69, 9.17) is 9.47 Å². The summed E-state index contributed by atoms with van der Waals surface area (Å²) >= 11 is 0. The first-order chi connectivity index (χ1) is 10.3. The van der Waals surface area contributed by atoms with Crippen molar-refractivity contribution in [3.8, 4) is 5.75 Å². The second kappa shape index (κ2) is 4.75. The molecule has 0 bridgehead atoms. The van der Waals surface area contributed by atoms with E-state index in [-0.39, 0.29) is 17.5 Å². The molecule has 3 nitrogen and oxygen atoms in total. The summed E-state index contributed by atoms with van der Waals surface area (Å²) in [6, 6.07) is 8.03. The molecule has 1 aromatic rings. The standard InChI is InChI=1S/C18H22O3/c1-20-17(19)16-14-10-2-3-11-15(14)21-18(16,12-6-4-7-12)13-8-5-9-13/h2-3,10-13,16H,4-9H2,1H3/t16-/m1/s1. The SMILES string of the molecule is COC(=O)[C@H]1c2ccccc2OC1(C1CCC1)C1CCC1. The van der Waals surface area contributed by atoms with Crippen LogP contribution in [0.2, 0.25) is 0 Å². The van der Waals surface area contributed by atoms with E-state index in [0.29, 0.717) is 11.8 Å². The van der Waals surface area contributed by atoms with Crippen molar-refractivity contribution in [2.24, 2.45) is 11.8 Å². The maximum atomic E-state index is 12.6. The summed E-state index contributed by atoms with van der Waals surface area (Å²) in [5, 5.41) is 0. The number of fused-ring (bicyclic) bond motifs is 1. The van der Waals surface area contributed by atoms with Crippen molar-refractivity contribution < 1.29 is 14.3 Å². The van der Waals surface area contributed by atoms with Crippen molar-refractivity contribution in [1.82, 2.24) is 0 Å². The Labute approximate surface area is 125 Å². The fourth-order valence-corrected chi connectivity index (χ4v) is 4.42. The molecule has 0 amide bonds. The van der Waals surface area contributed by atoms with E-state index in [9.17, 15) is 4.79 Å². The molecule has 112 valence electrons. The van der Waals surface area contributed by atoms with E-state index >= 15 is 0 Å². The molecule has 0 N–H and O–H groups in total. The Balaban J connectivity index is 1.83. The Morgan fingerprint density at radius 1 is 1.14 bits per heavy atom. The molecule has 1 atom stereocenters. The van der Waals surface area contributed by atoms with Gasteiger partial charge in [0.25, 0.3) is 0 Å². The maximum absolute atomic E-state index is 12.6. The highest BCUT2D eigenvalue weighted by Gasteiger charge is 2.62. The van der Waals surface area contributed by atoms with Crippen molar-refractivity contribution in [3.63, 3.8) is 0 Å². The van der Waals surface area contributed by atoms with Crippen LogP contribution in [0.3, 0.4) is 0 Å². The summed E-state index contributed by atoms with van der Waals surface area (Å²) in [4.78, 5) is 12.6. The van der Waals surface area contributed by atoms with Crippen LogP contribution in [0.5, 0.6) is 5.75 Å². The lowest BCUT2D eigenvalue weighted by molar-refractivity contribution is -0.158. The number of hydrogen-bond acceptors (Lipinski definition) is 3. The van der Waals surface area contributed by atoms with E-state index in [1.807, 2.05) is 24.3 Å². The highest BCUT2D eigenvalue weighted by Crippen LogP contribution is 2.60. The minimum Gasteiger partial charge on any atom is -0.485 e. The second-order valence-corrected chi connectivity index (χ2v) is 6.71. The molecular weight excluding hydrogens is 264 g/mol. The Morgan fingerprint density at radius 2 is 1.76 bits per heavy atom. The third-order valence-electron chi connectivity index (χ3n) is 5.89. The molecule has 0 aromatic heterocycles. The minimum absolute atomic E-state index is 0.126. The molecule has 0 radical (unpaired) electrons. The third-order valence-corrected chi connectivity index (χ3v) is 5.89. The highest BCUT2D eigenvalue weighted by atomic mass is 16.5. The van der Waals surface area contributed by atoms with Crippen LogP contribution in [0.1, 0.15) is 50.0 Å². The van der Waals surface area contributed by atoms with Gasteiger partial charge in [-0.25, -0.2) is 0 Å². The molecule has 21 heavy (non-hydrogen) atoms. The summed E-state index contributed by atoms with van der Waals surface area (Å²) in [7, 11) is 1.50. The van der Waals surface area contributed by atoms with Gasteiger partial charge < -0.3 is 9.47 Å². The van der Waals surface area contributed by atoms with Crippen LogP contribution >= 0.6 is 0 Å². The molecule has 2 fully saturated rings. The van der Waals surface area contributed by atoms with Gasteiger partial charge in [0.2, 0.25) is 0 Å². The molecule has 1 aromatic carbocycles. The minimum atomic E-state index is -0.340. The summed E-state index contributed by atoms with van der Waals surface area (Å²) in [5.74, 6) is 1.53. The molecule has 0 unspecified atom stereocenters. The third kappa shape index (κ3) is 1.69. The molecular formula is C18H22O3.